The van der Waals surface area contributed by atoms with Crippen LogP contribution in [-0.4, -0.2) is 5.91 Å². The standard InChI is InChI=1S/C11H13FN2O/c12-10-5-4-9(7-13)8(6-10)2-1-3-11(14)15/h1-2,4-6H,3,7,13H2,(H2,14,15). The highest BCUT2D eigenvalue weighted by Crippen LogP contribution is 2.12. The number of carbonyl (C=O) groups excluding carboxylic acids is 1. The summed E-state index contributed by atoms with van der Waals surface area (Å²) in [6, 6.07) is 4.35. The fourth-order valence-corrected chi connectivity index (χ4v) is 1.21. The second-order valence-electron chi connectivity index (χ2n) is 3.12. The number of amides is 1. The van der Waals surface area contributed by atoms with E-state index in [4.69, 9.17) is 11.5 Å². The van der Waals surface area contributed by atoms with Gasteiger partial charge in [-0.3, -0.25) is 4.79 Å². The molecule has 1 aromatic carbocycles. The first-order valence-electron chi connectivity index (χ1n) is 4.57. The highest BCUT2D eigenvalue weighted by Gasteiger charge is 1.99. The van der Waals surface area contributed by atoms with Crippen LogP contribution in [0.2, 0.25) is 0 Å². The molecule has 0 radical (unpaired) electrons. The number of primary amides is 1. The number of benzene rings is 1. The molecule has 4 heteroatoms. The van der Waals surface area contributed by atoms with E-state index in [1.165, 1.54) is 12.1 Å². The van der Waals surface area contributed by atoms with E-state index in [0.29, 0.717) is 12.1 Å². The molecule has 1 aromatic rings. The first-order chi connectivity index (χ1) is 7.13. The highest BCUT2D eigenvalue weighted by molar-refractivity contribution is 5.76. The Bertz CT molecular complexity index is 388. The van der Waals surface area contributed by atoms with Crippen molar-refractivity contribution in [2.45, 2.75) is 13.0 Å². The zero-order chi connectivity index (χ0) is 11.3. The summed E-state index contributed by atoms with van der Waals surface area (Å²) in [4.78, 5) is 10.5. The molecule has 0 bridgehead atoms. The van der Waals surface area contributed by atoms with E-state index in [1.807, 2.05) is 0 Å². The predicted octanol–water partition coefficient (Wildman–Crippen LogP) is 1.17. The third kappa shape index (κ3) is 3.52. The van der Waals surface area contributed by atoms with E-state index in [0.717, 1.165) is 5.56 Å². The molecule has 0 heterocycles. The summed E-state index contributed by atoms with van der Waals surface area (Å²) in [6.45, 7) is 0.330. The third-order valence-electron chi connectivity index (χ3n) is 1.94. The monoisotopic (exact) mass is 208 g/mol. The van der Waals surface area contributed by atoms with Crippen molar-refractivity contribution >= 4 is 12.0 Å². The van der Waals surface area contributed by atoms with Gasteiger partial charge < -0.3 is 11.5 Å². The van der Waals surface area contributed by atoms with Gasteiger partial charge in [0.2, 0.25) is 5.91 Å². The molecule has 0 aliphatic heterocycles. The van der Waals surface area contributed by atoms with Crippen molar-refractivity contribution in [3.05, 3.63) is 41.2 Å². The lowest BCUT2D eigenvalue weighted by Gasteiger charge is -2.02. The van der Waals surface area contributed by atoms with Gasteiger partial charge in [-0.05, 0) is 23.3 Å². The van der Waals surface area contributed by atoms with E-state index >= 15 is 0 Å². The van der Waals surface area contributed by atoms with Crippen LogP contribution in [0.3, 0.4) is 0 Å². The normalized spacial score (nSPS) is 10.8. The zero-order valence-corrected chi connectivity index (χ0v) is 8.24. The lowest BCUT2D eigenvalue weighted by Crippen LogP contribution is -2.08. The van der Waals surface area contributed by atoms with Crippen LogP contribution in [0.15, 0.2) is 24.3 Å². The van der Waals surface area contributed by atoms with Crippen LogP contribution in [0, 0.1) is 5.82 Å². The molecular weight excluding hydrogens is 195 g/mol. The van der Waals surface area contributed by atoms with Crippen LogP contribution < -0.4 is 11.5 Å². The van der Waals surface area contributed by atoms with Crippen molar-refractivity contribution < 1.29 is 9.18 Å². The number of hydrogen-bond donors (Lipinski definition) is 2. The Morgan fingerprint density at radius 1 is 1.47 bits per heavy atom. The van der Waals surface area contributed by atoms with Gasteiger partial charge in [0.1, 0.15) is 5.82 Å². The molecule has 0 saturated carbocycles. The van der Waals surface area contributed by atoms with Gasteiger partial charge in [0.05, 0.1) is 0 Å². The Morgan fingerprint density at radius 3 is 2.80 bits per heavy atom. The minimum absolute atomic E-state index is 0.139. The molecule has 0 fully saturated rings. The van der Waals surface area contributed by atoms with Gasteiger partial charge in [0, 0.05) is 13.0 Å². The largest absolute Gasteiger partial charge is 0.369 e. The molecule has 0 spiro atoms. The topological polar surface area (TPSA) is 69.1 Å². The first kappa shape index (κ1) is 11.4. The first-order valence-corrected chi connectivity index (χ1v) is 4.57. The number of carbonyl (C=O) groups is 1. The SMILES string of the molecule is NCc1ccc(F)cc1C=CCC(N)=O. The fraction of sp³-hybridized carbons (Fsp3) is 0.182. The molecule has 0 aliphatic carbocycles. The average molecular weight is 208 g/mol. The Hall–Kier alpha value is -1.68. The molecule has 0 atom stereocenters. The Kier molecular flexibility index (Phi) is 4.00. The lowest BCUT2D eigenvalue weighted by atomic mass is 10.1. The number of halogens is 1. The third-order valence-corrected chi connectivity index (χ3v) is 1.94. The summed E-state index contributed by atoms with van der Waals surface area (Å²) >= 11 is 0. The molecule has 0 unspecified atom stereocenters. The summed E-state index contributed by atoms with van der Waals surface area (Å²) in [5, 5.41) is 0. The fourth-order valence-electron chi connectivity index (χ4n) is 1.21. The molecule has 3 nitrogen and oxygen atoms in total. The predicted molar refractivity (Wildman–Crippen MR) is 57.1 cm³/mol. The molecule has 15 heavy (non-hydrogen) atoms. The molecule has 4 N–H and O–H groups in total. The Morgan fingerprint density at radius 2 is 2.20 bits per heavy atom. The van der Waals surface area contributed by atoms with Crippen molar-refractivity contribution in [2.75, 3.05) is 0 Å². The maximum Gasteiger partial charge on any atom is 0.221 e. The maximum atomic E-state index is 12.9. The molecule has 0 aromatic heterocycles. The van der Waals surface area contributed by atoms with Crippen molar-refractivity contribution in [1.29, 1.82) is 0 Å². The van der Waals surface area contributed by atoms with Gasteiger partial charge in [0.25, 0.3) is 0 Å². The Labute approximate surface area is 87.6 Å². The van der Waals surface area contributed by atoms with Crippen LogP contribution in [0.1, 0.15) is 17.5 Å². The van der Waals surface area contributed by atoms with Crippen molar-refractivity contribution in [2.24, 2.45) is 11.5 Å². The van der Waals surface area contributed by atoms with Crippen molar-refractivity contribution in [3.8, 4) is 0 Å². The van der Waals surface area contributed by atoms with E-state index < -0.39 is 5.91 Å². The maximum absolute atomic E-state index is 12.9. The van der Waals surface area contributed by atoms with E-state index in [2.05, 4.69) is 0 Å². The number of hydrogen-bond acceptors (Lipinski definition) is 2. The second-order valence-corrected chi connectivity index (χ2v) is 3.12. The summed E-state index contributed by atoms with van der Waals surface area (Å²) in [6.07, 6.45) is 3.38. The average Bonchev–Trinajstić information content (AvgIpc) is 2.17. The van der Waals surface area contributed by atoms with Crippen LogP contribution in [0.25, 0.3) is 6.08 Å². The zero-order valence-electron chi connectivity index (χ0n) is 8.24. The minimum atomic E-state index is -0.419. The summed E-state index contributed by atoms with van der Waals surface area (Å²) in [5.41, 5.74) is 12.0. The summed E-state index contributed by atoms with van der Waals surface area (Å²) in [7, 11) is 0. The molecule has 0 aliphatic rings. The number of nitrogens with two attached hydrogens (primary N) is 2. The highest BCUT2D eigenvalue weighted by atomic mass is 19.1. The minimum Gasteiger partial charge on any atom is -0.369 e. The molecule has 80 valence electrons. The van der Waals surface area contributed by atoms with E-state index in [1.54, 1.807) is 18.2 Å². The van der Waals surface area contributed by atoms with Gasteiger partial charge in [-0.25, -0.2) is 4.39 Å². The Balaban J connectivity index is 2.87. The second kappa shape index (κ2) is 5.26. The molecule has 1 amide bonds. The van der Waals surface area contributed by atoms with Crippen molar-refractivity contribution in [1.82, 2.24) is 0 Å². The van der Waals surface area contributed by atoms with E-state index in [9.17, 15) is 9.18 Å². The van der Waals surface area contributed by atoms with Gasteiger partial charge >= 0.3 is 0 Å². The van der Waals surface area contributed by atoms with Crippen LogP contribution in [0.5, 0.6) is 0 Å². The van der Waals surface area contributed by atoms with Gasteiger partial charge in [-0.2, -0.15) is 0 Å². The molecular formula is C11H13FN2O. The quantitative estimate of drug-likeness (QED) is 0.779. The smallest absolute Gasteiger partial charge is 0.221 e. The van der Waals surface area contributed by atoms with Crippen LogP contribution >= 0.6 is 0 Å². The van der Waals surface area contributed by atoms with Crippen LogP contribution in [0.4, 0.5) is 4.39 Å². The molecule has 1 rings (SSSR count). The van der Waals surface area contributed by atoms with Gasteiger partial charge in [-0.15, -0.1) is 0 Å². The lowest BCUT2D eigenvalue weighted by molar-refractivity contribution is -0.117. The van der Waals surface area contributed by atoms with Gasteiger partial charge in [-0.1, -0.05) is 18.2 Å². The van der Waals surface area contributed by atoms with E-state index in [-0.39, 0.29) is 12.2 Å². The molecule has 0 saturated heterocycles. The van der Waals surface area contributed by atoms with Crippen molar-refractivity contribution in [3.63, 3.8) is 0 Å². The summed E-state index contributed by atoms with van der Waals surface area (Å²) < 4.78 is 12.9. The van der Waals surface area contributed by atoms with Gasteiger partial charge in [0.15, 0.2) is 0 Å². The van der Waals surface area contributed by atoms with Crippen LogP contribution in [-0.2, 0) is 11.3 Å². The summed E-state index contributed by atoms with van der Waals surface area (Å²) in [5.74, 6) is -0.747. The number of rotatable bonds is 4.